The highest BCUT2D eigenvalue weighted by Crippen LogP contribution is 2.44. The molecular formula is C20H24N4O3S2. The van der Waals surface area contributed by atoms with Gasteiger partial charge in [0, 0.05) is 38.4 Å². The highest BCUT2D eigenvalue weighted by molar-refractivity contribution is 8.01. The number of hydrogen-bond donors (Lipinski definition) is 1. The van der Waals surface area contributed by atoms with Crippen LogP contribution in [0.25, 0.3) is 0 Å². The topological polar surface area (TPSA) is 84.4 Å². The molecule has 0 radical (unpaired) electrons. The monoisotopic (exact) mass is 432 g/mol. The van der Waals surface area contributed by atoms with E-state index in [1.165, 1.54) is 23.1 Å². The first-order valence-corrected chi connectivity index (χ1v) is 11.5. The Morgan fingerprint density at radius 3 is 3.00 bits per heavy atom. The van der Waals surface area contributed by atoms with Gasteiger partial charge in [-0.05, 0) is 19.4 Å². The number of benzene rings is 1. The van der Waals surface area contributed by atoms with Crippen LogP contribution in [0.3, 0.4) is 0 Å². The normalized spacial score (nSPS) is 24.0. The van der Waals surface area contributed by atoms with Crippen molar-refractivity contribution >= 4 is 34.9 Å². The summed E-state index contributed by atoms with van der Waals surface area (Å²) in [4.78, 5) is 26.6. The molecule has 0 bridgehead atoms. The van der Waals surface area contributed by atoms with Crippen LogP contribution in [0.2, 0.25) is 0 Å². The Morgan fingerprint density at radius 1 is 1.38 bits per heavy atom. The number of thioether (sulfide) groups is 1. The zero-order valence-electron chi connectivity index (χ0n) is 16.5. The second-order valence-corrected chi connectivity index (χ2v) is 9.99. The van der Waals surface area contributed by atoms with E-state index in [0.29, 0.717) is 31.6 Å². The molecule has 2 aliphatic rings. The third-order valence-electron chi connectivity index (χ3n) is 5.49. The molecule has 2 aromatic rings. The largest absolute Gasteiger partial charge is 0.487 e. The van der Waals surface area contributed by atoms with E-state index >= 15 is 0 Å². The molecule has 0 unspecified atom stereocenters. The zero-order valence-corrected chi connectivity index (χ0v) is 18.1. The summed E-state index contributed by atoms with van der Waals surface area (Å²) in [6.45, 7) is 2.56. The molecule has 1 saturated heterocycles. The first-order valence-electron chi connectivity index (χ1n) is 9.68. The van der Waals surface area contributed by atoms with Crippen LogP contribution in [0.4, 0.5) is 0 Å². The summed E-state index contributed by atoms with van der Waals surface area (Å²) in [5, 5.41) is 12.1. The third kappa shape index (κ3) is 4.56. The van der Waals surface area contributed by atoms with Crippen molar-refractivity contribution in [2.24, 2.45) is 0 Å². The predicted molar refractivity (Wildman–Crippen MR) is 112 cm³/mol. The quantitative estimate of drug-likeness (QED) is 0.748. The number of carbonyl (C=O) groups is 2. The molecular weight excluding hydrogens is 408 g/mol. The second-order valence-electron chi connectivity index (χ2n) is 7.59. The van der Waals surface area contributed by atoms with Gasteiger partial charge in [0.15, 0.2) is 4.34 Å². The Morgan fingerprint density at radius 2 is 2.21 bits per heavy atom. The first-order chi connectivity index (χ1) is 13.9. The van der Waals surface area contributed by atoms with E-state index in [-0.39, 0.29) is 17.9 Å². The fraction of sp³-hybridized carbons (Fsp3) is 0.500. The zero-order chi connectivity index (χ0) is 20.4. The van der Waals surface area contributed by atoms with Gasteiger partial charge in [0.1, 0.15) is 16.4 Å². The molecule has 1 fully saturated rings. The average Bonchev–Trinajstić information content (AvgIpc) is 3.08. The van der Waals surface area contributed by atoms with Crippen LogP contribution in [-0.4, -0.2) is 51.9 Å². The fourth-order valence-corrected chi connectivity index (χ4v) is 5.53. The Balaban J connectivity index is 1.49. The Hall–Kier alpha value is -2.13. The van der Waals surface area contributed by atoms with Crippen LogP contribution in [0.1, 0.15) is 42.3 Å². The van der Waals surface area contributed by atoms with Gasteiger partial charge < -0.3 is 15.0 Å². The van der Waals surface area contributed by atoms with Crippen molar-refractivity contribution in [2.75, 3.05) is 19.3 Å². The molecule has 154 valence electrons. The van der Waals surface area contributed by atoms with E-state index in [2.05, 4.69) is 15.5 Å². The SMILES string of the molecule is Cc1nnc(SCC(=O)N[C@H]2C[C@]3(CCC(=O)N(C)CC3)Oc3ccccc32)s1. The van der Waals surface area contributed by atoms with Crippen molar-refractivity contribution in [3.05, 3.63) is 34.8 Å². The molecule has 29 heavy (non-hydrogen) atoms. The lowest BCUT2D eigenvalue weighted by molar-refractivity contribution is -0.129. The number of ether oxygens (including phenoxy) is 1. The molecule has 2 amide bonds. The van der Waals surface area contributed by atoms with E-state index < -0.39 is 5.60 Å². The number of nitrogens with zero attached hydrogens (tertiary/aromatic N) is 3. The lowest BCUT2D eigenvalue weighted by Gasteiger charge is -2.42. The summed E-state index contributed by atoms with van der Waals surface area (Å²) >= 11 is 2.89. The van der Waals surface area contributed by atoms with Gasteiger partial charge in [0.05, 0.1) is 11.8 Å². The summed E-state index contributed by atoms with van der Waals surface area (Å²) < 4.78 is 7.23. The molecule has 2 aliphatic heterocycles. The summed E-state index contributed by atoms with van der Waals surface area (Å²) in [5.74, 6) is 1.20. The lowest BCUT2D eigenvalue weighted by Crippen LogP contribution is -2.46. The first kappa shape index (κ1) is 20.2. The number of aryl methyl sites for hydroxylation is 1. The number of carbonyl (C=O) groups excluding carboxylic acids is 2. The highest BCUT2D eigenvalue weighted by atomic mass is 32.2. The van der Waals surface area contributed by atoms with Crippen molar-refractivity contribution < 1.29 is 14.3 Å². The summed E-state index contributed by atoms with van der Waals surface area (Å²) in [5.41, 5.74) is 0.558. The molecule has 1 spiro atoms. The smallest absolute Gasteiger partial charge is 0.230 e. The maximum Gasteiger partial charge on any atom is 0.230 e. The molecule has 1 aromatic heterocycles. The van der Waals surface area contributed by atoms with Crippen molar-refractivity contribution in [1.82, 2.24) is 20.4 Å². The van der Waals surface area contributed by atoms with E-state index in [0.717, 1.165) is 27.1 Å². The van der Waals surface area contributed by atoms with Crippen LogP contribution >= 0.6 is 23.1 Å². The molecule has 9 heteroatoms. The minimum atomic E-state index is -0.434. The van der Waals surface area contributed by atoms with Crippen LogP contribution in [0, 0.1) is 6.92 Å². The Labute approximate surface area is 178 Å². The van der Waals surface area contributed by atoms with Crippen molar-refractivity contribution in [1.29, 1.82) is 0 Å². The van der Waals surface area contributed by atoms with E-state index in [9.17, 15) is 9.59 Å². The lowest BCUT2D eigenvalue weighted by atomic mass is 9.82. The number of nitrogens with one attached hydrogen (secondary N) is 1. The van der Waals surface area contributed by atoms with E-state index in [4.69, 9.17) is 4.74 Å². The number of para-hydroxylation sites is 1. The molecule has 1 aromatic carbocycles. The van der Waals surface area contributed by atoms with Crippen LogP contribution in [0.15, 0.2) is 28.6 Å². The number of hydrogen-bond acceptors (Lipinski definition) is 7. The summed E-state index contributed by atoms with van der Waals surface area (Å²) in [6, 6.07) is 7.72. The highest BCUT2D eigenvalue weighted by Gasteiger charge is 2.43. The second kappa shape index (κ2) is 8.31. The van der Waals surface area contributed by atoms with Gasteiger partial charge in [-0.25, -0.2) is 0 Å². The third-order valence-corrected chi connectivity index (χ3v) is 7.46. The summed E-state index contributed by atoms with van der Waals surface area (Å²) in [7, 11) is 1.84. The van der Waals surface area contributed by atoms with Crippen LogP contribution in [-0.2, 0) is 9.59 Å². The minimum absolute atomic E-state index is 0.0403. The Kier molecular flexibility index (Phi) is 5.78. The standard InChI is InChI=1S/C20H24N4O3S2/c1-13-22-23-19(29-13)28-12-17(25)21-15-11-20(8-7-18(26)24(2)10-9-20)27-16-6-4-3-5-14(15)16/h3-6,15H,7-12H2,1-2H3,(H,21,25)/t15-,20+/m0/s1. The summed E-state index contributed by atoms with van der Waals surface area (Å²) in [6.07, 6.45) is 2.55. The number of aromatic nitrogens is 2. The fourth-order valence-electron chi connectivity index (χ4n) is 3.90. The van der Waals surface area contributed by atoms with Gasteiger partial charge in [-0.2, -0.15) is 0 Å². The predicted octanol–water partition coefficient (Wildman–Crippen LogP) is 2.96. The van der Waals surface area contributed by atoms with Gasteiger partial charge in [0.2, 0.25) is 11.8 Å². The van der Waals surface area contributed by atoms with E-state index in [1.807, 2.05) is 38.2 Å². The molecule has 3 heterocycles. The van der Waals surface area contributed by atoms with Crippen molar-refractivity contribution in [3.8, 4) is 5.75 Å². The Bertz CT molecular complexity index is 919. The molecule has 7 nitrogen and oxygen atoms in total. The molecule has 4 rings (SSSR count). The maximum atomic E-state index is 12.7. The average molecular weight is 433 g/mol. The minimum Gasteiger partial charge on any atom is -0.487 e. The van der Waals surface area contributed by atoms with Gasteiger partial charge in [-0.1, -0.05) is 41.3 Å². The van der Waals surface area contributed by atoms with E-state index in [1.54, 1.807) is 4.90 Å². The van der Waals surface area contributed by atoms with Crippen molar-refractivity contribution in [2.45, 2.75) is 48.6 Å². The van der Waals surface area contributed by atoms with Crippen LogP contribution in [0.5, 0.6) is 5.75 Å². The number of likely N-dealkylation sites (tertiary alicyclic amines) is 1. The number of rotatable bonds is 4. The van der Waals surface area contributed by atoms with Gasteiger partial charge in [0.25, 0.3) is 0 Å². The molecule has 1 N–H and O–H groups in total. The number of fused-ring (bicyclic) bond motifs is 1. The van der Waals surface area contributed by atoms with Gasteiger partial charge in [-0.15, -0.1) is 10.2 Å². The van der Waals surface area contributed by atoms with Crippen LogP contribution < -0.4 is 10.1 Å². The van der Waals surface area contributed by atoms with Gasteiger partial charge in [-0.3, -0.25) is 9.59 Å². The maximum absolute atomic E-state index is 12.7. The number of amides is 2. The molecule has 0 saturated carbocycles. The molecule has 0 aliphatic carbocycles. The molecule has 2 atom stereocenters. The van der Waals surface area contributed by atoms with Crippen molar-refractivity contribution in [3.63, 3.8) is 0 Å². The van der Waals surface area contributed by atoms with Gasteiger partial charge >= 0.3 is 0 Å².